The molecule has 1 fully saturated rings. The fourth-order valence-electron chi connectivity index (χ4n) is 4.86. The van der Waals surface area contributed by atoms with Crippen LogP contribution in [0.3, 0.4) is 0 Å². The lowest BCUT2D eigenvalue weighted by Gasteiger charge is -2.47. The van der Waals surface area contributed by atoms with E-state index in [0.717, 1.165) is 36.3 Å². The van der Waals surface area contributed by atoms with Crippen molar-refractivity contribution in [1.82, 2.24) is 14.7 Å². The number of hydrogen-bond donors (Lipinski definition) is 1. The lowest BCUT2D eigenvalue weighted by atomic mass is 9.90. The molecule has 0 radical (unpaired) electrons. The molecule has 5 heteroatoms. The minimum absolute atomic E-state index is 0.0572. The van der Waals surface area contributed by atoms with Gasteiger partial charge in [-0.05, 0) is 57.0 Å². The second-order valence-corrected chi connectivity index (χ2v) is 8.70. The predicted molar refractivity (Wildman–Crippen MR) is 131 cm³/mol. The molecule has 1 saturated heterocycles. The van der Waals surface area contributed by atoms with Crippen molar-refractivity contribution in [1.29, 1.82) is 0 Å². The Bertz CT molecular complexity index is 925. The van der Waals surface area contributed by atoms with E-state index >= 15 is 0 Å². The van der Waals surface area contributed by atoms with Crippen LogP contribution in [-0.2, 0) is 0 Å². The molecule has 3 rings (SSSR count). The zero-order valence-electron chi connectivity index (χ0n) is 19.9. The lowest BCUT2D eigenvalue weighted by molar-refractivity contribution is 0.0302. The highest BCUT2D eigenvalue weighted by atomic mass is 16.3. The molecule has 0 aromatic heterocycles. The maximum Gasteiger partial charge on any atom is 0.254 e. The molecular weight excluding hydrogens is 398 g/mol. The Morgan fingerprint density at radius 1 is 1.12 bits per heavy atom. The fraction of sp³-hybridized carbons (Fsp3) is 0.444. The molecule has 1 aliphatic rings. The zero-order chi connectivity index (χ0) is 23.3. The quantitative estimate of drug-likeness (QED) is 0.618. The van der Waals surface area contributed by atoms with E-state index in [9.17, 15) is 9.90 Å². The molecule has 2 aromatic rings. The second kappa shape index (κ2) is 10.8. The first-order valence-electron chi connectivity index (χ1n) is 11.7. The predicted octanol–water partition coefficient (Wildman–Crippen LogP) is 4.54. The number of phenols is 1. The molecular formula is C27H37N3O2. The molecule has 1 aliphatic heterocycles. The highest BCUT2D eigenvalue weighted by Crippen LogP contribution is 2.36. The van der Waals surface area contributed by atoms with E-state index in [0.29, 0.717) is 19.1 Å². The highest BCUT2D eigenvalue weighted by Gasteiger charge is 2.36. The summed E-state index contributed by atoms with van der Waals surface area (Å²) in [6.07, 6.45) is 1.96. The molecule has 0 spiro atoms. The van der Waals surface area contributed by atoms with Crippen LogP contribution in [0.1, 0.15) is 55.2 Å². The van der Waals surface area contributed by atoms with E-state index in [-0.39, 0.29) is 23.7 Å². The number of hydrogen-bond acceptors (Lipinski definition) is 4. The van der Waals surface area contributed by atoms with E-state index in [1.807, 2.05) is 55.2 Å². The van der Waals surface area contributed by atoms with Crippen molar-refractivity contribution in [3.8, 4) is 5.75 Å². The van der Waals surface area contributed by atoms with E-state index in [4.69, 9.17) is 0 Å². The number of carbonyl (C=O) groups excluding carboxylic acids is 1. The van der Waals surface area contributed by atoms with Gasteiger partial charge in [0.1, 0.15) is 5.75 Å². The number of benzene rings is 2. The smallest absolute Gasteiger partial charge is 0.254 e. The molecule has 5 nitrogen and oxygen atoms in total. The van der Waals surface area contributed by atoms with Gasteiger partial charge in [0.15, 0.2) is 0 Å². The van der Waals surface area contributed by atoms with Gasteiger partial charge >= 0.3 is 0 Å². The minimum Gasteiger partial charge on any atom is -0.508 e. The summed E-state index contributed by atoms with van der Waals surface area (Å²) in [5.41, 5.74) is 2.73. The van der Waals surface area contributed by atoms with E-state index in [2.05, 4.69) is 42.4 Å². The van der Waals surface area contributed by atoms with Crippen LogP contribution in [0, 0.1) is 0 Å². The summed E-state index contributed by atoms with van der Waals surface area (Å²) in [6, 6.07) is 15.9. The number of amides is 1. The molecule has 1 N–H and O–H groups in total. The number of piperazine rings is 1. The Balaban J connectivity index is 2.10. The monoisotopic (exact) mass is 435 g/mol. The molecule has 1 heterocycles. The van der Waals surface area contributed by atoms with Crippen LogP contribution in [0.5, 0.6) is 5.75 Å². The van der Waals surface area contributed by atoms with Crippen LogP contribution in [0.25, 0.3) is 0 Å². The molecule has 0 bridgehead atoms. The summed E-state index contributed by atoms with van der Waals surface area (Å²) in [6.45, 7) is 16.4. The normalized spacial score (nSPS) is 20.6. The van der Waals surface area contributed by atoms with Crippen molar-refractivity contribution in [2.24, 2.45) is 0 Å². The van der Waals surface area contributed by atoms with Crippen molar-refractivity contribution >= 4 is 5.91 Å². The first-order chi connectivity index (χ1) is 15.4. The van der Waals surface area contributed by atoms with Crippen LogP contribution < -0.4 is 0 Å². The summed E-state index contributed by atoms with van der Waals surface area (Å²) in [4.78, 5) is 20.2. The maximum absolute atomic E-state index is 13.4. The molecule has 0 saturated carbocycles. The Labute approximate surface area is 193 Å². The molecule has 3 atom stereocenters. The van der Waals surface area contributed by atoms with Crippen LogP contribution in [0.4, 0.5) is 0 Å². The third-order valence-corrected chi connectivity index (χ3v) is 6.58. The minimum atomic E-state index is -0.124. The number of phenolic OH excluding ortho intramolecular Hbond substituents is 1. The molecule has 2 aromatic carbocycles. The summed E-state index contributed by atoms with van der Waals surface area (Å²) in [7, 11) is 0. The van der Waals surface area contributed by atoms with Gasteiger partial charge in [-0.2, -0.15) is 0 Å². The van der Waals surface area contributed by atoms with Crippen LogP contribution in [0.2, 0.25) is 0 Å². The first-order valence-corrected chi connectivity index (χ1v) is 11.7. The van der Waals surface area contributed by atoms with Crippen molar-refractivity contribution in [2.45, 2.75) is 45.8 Å². The Kier molecular flexibility index (Phi) is 8.10. The number of carbonyl (C=O) groups is 1. The highest BCUT2D eigenvalue weighted by molar-refractivity contribution is 5.96. The third kappa shape index (κ3) is 5.05. The topological polar surface area (TPSA) is 47.0 Å². The standard InChI is InChI=1S/C27H37N3O2/c1-6-16-29-18-21(5)30(19-20(29)4)26(22-12-11-13-23(31)17-22)24-14-9-10-15-25(24)27(32)28(7-2)8-3/h6,9-15,17,20-21,26,31H,1,7-8,16,18-19H2,2-5H3/t20-,21+,26-/m1/s1. The van der Waals surface area contributed by atoms with Crippen LogP contribution in [0.15, 0.2) is 61.2 Å². The zero-order valence-corrected chi connectivity index (χ0v) is 19.9. The first kappa shape index (κ1) is 24.0. The molecule has 32 heavy (non-hydrogen) atoms. The van der Waals surface area contributed by atoms with E-state index in [1.165, 1.54) is 0 Å². The van der Waals surface area contributed by atoms with Crippen molar-refractivity contribution in [2.75, 3.05) is 32.7 Å². The van der Waals surface area contributed by atoms with E-state index < -0.39 is 0 Å². The molecule has 0 aliphatic carbocycles. The van der Waals surface area contributed by atoms with Gasteiger partial charge in [-0.15, -0.1) is 6.58 Å². The van der Waals surface area contributed by atoms with Crippen LogP contribution >= 0.6 is 0 Å². The van der Waals surface area contributed by atoms with Gasteiger partial charge in [-0.25, -0.2) is 0 Å². The molecule has 1 amide bonds. The summed E-state index contributed by atoms with van der Waals surface area (Å²) in [5, 5.41) is 10.3. The number of aromatic hydroxyl groups is 1. The van der Waals surface area contributed by atoms with Gasteiger partial charge in [0.2, 0.25) is 0 Å². The summed E-state index contributed by atoms with van der Waals surface area (Å²) in [5.74, 6) is 0.299. The maximum atomic E-state index is 13.4. The SMILES string of the molecule is C=CCN1C[C@H](C)N([C@H](c2cccc(O)c2)c2ccccc2C(=O)N(CC)CC)C[C@H]1C. The fourth-order valence-corrected chi connectivity index (χ4v) is 4.86. The third-order valence-electron chi connectivity index (χ3n) is 6.58. The Morgan fingerprint density at radius 3 is 2.50 bits per heavy atom. The second-order valence-electron chi connectivity index (χ2n) is 8.70. The van der Waals surface area contributed by atoms with E-state index in [1.54, 1.807) is 6.07 Å². The van der Waals surface area contributed by atoms with Gasteiger partial charge in [0, 0.05) is 50.4 Å². The van der Waals surface area contributed by atoms with Gasteiger partial charge < -0.3 is 10.0 Å². The average molecular weight is 436 g/mol. The molecule has 0 unspecified atom stereocenters. The number of rotatable bonds is 8. The van der Waals surface area contributed by atoms with Crippen molar-refractivity contribution in [3.05, 3.63) is 77.9 Å². The van der Waals surface area contributed by atoms with Crippen molar-refractivity contribution in [3.63, 3.8) is 0 Å². The summed E-state index contributed by atoms with van der Waals surface area (Å²) < 4.78 is 0. The van der Waals surface area contributed by atoms with Gasteiger partial charge in [-0.1, -0.05) is 36.4 Å². The van der Waals surface area contributed by atoms with Gasteiger partial charge in [0.25, 0.3) is 5.91 Å². The van der Waals surface area contributed by atoms with Gasteiger partial charge in [0.05, 0.1) is 6.04 Å². The lowest BCUT2D eigenvalue weighted by Crippen LogP contribution is -2.57. The van der Waals surface area contributed by atoms with Crippen LogP contribution in [-0.4, -0.2) is 70.5 Å². The largest absolute Gasteiger partial charge is 0.508 e. The van der Waals surface area contributed by atoms with Crippen molar-refractivity contribution < 1.29 is 9.90 Å². The van der Waals surface area contributed by atoms with Gasteiger partial charge in [-0.3, -0.25) is 14.6 Å². The molecule has 172 valence electrons. The Morgan fingerprint density at radius 2 is 1.84 bits per heavy atom. The summed E-state index contributed by atoms with van der Waals surface area (Å²) >= 11 is 0. The number of nitrogens with zero attached hydrogens (tertiary/aromatic N) is 3. The Hall–Kier alpha value is -2.63. The average Bonchev–Trinajstić information content (AvgIpc) is 2.78.